The number of nitrogens with one attached hydrogen (secondary N) is 1. The lowest BCUT2D eigenvalue weighted by atomic mass is 10.1. The molecule has 0 heterocycles. The molecule has 1 N–H and O–H groups in total. The summed E-state index contributed by atoms with van der Waals surface area (Å²) in [5.74, 6) is -2.10. The van der Waals surface area contributed by atoms with E-state index in [1.165, 1.54) is 62.3 Å². The summed E-state index contributed by atoms with van der Waals surface area (Å²) in [4.78, 5) is 27.4. The molecule has 0 bridgehead atoms. The van der Waals surface area contributed by atoms with Gasteiger partial charge >= 0.3 is 10.2 Å². The van der Waals surface area contributed by atoms with Crippen molar-refractivity contribution in [3.8, 4) is 0 Å². The number of hydrogen-bond donors (Lipinski definition) is 1. The molecule has 186 valence electrons. The molecule has 2 amide bonds. The van der Waals surface area contributed by atoms with E-state index in [0.29, 0.717) is 5.56 Å². The van der Waals surface area contributed by atoms with Crippen LogP contribution >= 0.6 is 0 Å². The van der Waals surface area contributed by atoms with E-state index in [-0.39, 0.29) is 18.3 Å². The highest BCUT2D eigenvalue weighted by molar-refractivity contribution is 7.90. The van der Waals surface area contributed by atoms with E-state index < -0.39 is 46.2 Å². The molecule has 1 unspecified atom stereocenters. The molecule has 0 aliphatic carbocycles. The van der Waals surface area contributed by atoms with Crippen molar-refractivity contribution in [2.45, 2.75) is 39.4 Å². The predicted molar refractivity (Wildman–Crippen MR) is 126 cm³/mol. The van der Waals surface area contributed by atoms with E-state index >= 15 is 0 Å². The summed E-state index contributed by atoms with van der Waals surface area (Å²) in [7, 11) is -1.51. The molecule has 8 nitrogen and oxygen atoms in total. The number of nitrogens with zero attached hydrogens (tertiary/aromatic N) is 3. The lowest BCUT2D eigenvalue weighted by molar-refractivity contribution is -0.139. The predicted octanol–water partition coefficient (Wildman–Crippen LogP) is 2.52. The van der Waals surface area contributed by atoms with E-state index in [1.54, 1.807) is 13.8 Å². The molecule has 2 aromatic rings. The fourth-order valence-corrected chi connectivity index (χ4v) is 4.15. The van der Waals surface area contributed by atoms with Crippen LogP contribution in [0.25, 0.3) is 0 Å². The third-order valence-corrected chi connectivity index (χ3v) is 6.82. The molecular weight excluding hydrogens is 466 g/mol. The lowest BCUT2D eigenvalue weighted by Crippen LogP contribution is -2.53. The summed E-state index contributed by atoms with van der Waals surface area (Å²) in [6.07, 6.45) is 0. The van der Waals surface area contributed by atoms with Crippen LogP contribution in [0.4, 0.5) is 14.5 Å². The zero-order valence-corrected chi connectivity index (χ0v) is 20.6. The molecule has 0 saturated heterocycles. The number of anilines is 1. The molecule has 0 spiro atoms. The van der Waals surface area contributed by atoms with Gasteiger partial charge in [0.05, 0.1) is 5.69 Å². The highest BCUT2D eigenvalue weighted by Crippen LogP contribution is 2.21. The molecule has 0 saturated carbocycles. The Labute approximate surface area is 199 Å². The minimum absolute atomic E-state index is 0.0505. The molecule has 0 radical (unpaired) electrons. The minimum Gasteiger partial charge on any atom is -0.352 e. The Morgan fingerprint density at radius 3 is 1.88 bits per heavy atom. The number of rotatable bonds is 10. The summed E-state index contributed by atoms with van der Waals surface area (Å²) < 4.78 is 54.6. The van der Waals surface area contributed by atoms with Gasteiger partial charge in [-0.2, -0.15) is 12.7 Å². The van der Waals surface area contributed by atoms with Crippen LogP contribution in [0, 0.1) is 11.6 Å². The van der Waals surface area contributed by atoms with Crippen molar-refractivity contribution < 1.29 is 26.8 Å². The van der Waals surface area contributed by atoms with Gasteiger partial charge in [0.25, 0.3) is 0 Å². The van der Waals surface area contributed by atoms with Crippen LogP contribution in [0.5, 0.6) is 0 Å². The van der Waals surface area contributed by atoms with Crippen molar-refractivity contribution in [2.75, 3.05) is 24.9 Å². The second-order valence-electron chi connectivity index (χ2n) is 8.26. The van der Waals surface area contributed by atoms with Crippen molar-refractivity contribution in [3.63, 3.8) is 0 Å². The van der Waals surface area contributed by atoms with Gasteiger partial charge in [0.2, 0.25) is 11.8 Å². The molecule has 34 heavy (non-hydrogen) atoms. The van der Waals surface area contributed by atoms with Crippen molar-refractivity contribution in [1.29, 1.82) is 0 Å². The molecule has 0 fully saturated rings. The normalized spacial score (nSPS) is 12.5. The van der Waals surface area contributed by atoms with Gasteiger partial charge in [-0.25, -0.2) is 13.1 Å². The van der Waals surface area contributed by atoms with Crippen LogP contribution in [-0.4, -0.2) is 62.2 Å². The van der Waals surface area contributed by atoms with Crippen molar-refractivity contribution in [2.24, 2.45) is 0 Å². The molecule has 0 aliphatic heterocycles. The number of carbonyl (C=O) groups excluding carboxylic acids is 2. The Morgan fingerprint density at radius 1 is 0.912 bits per heavy atom. The van der Waals surface area contributed by atoms with Crippen molar-refractivity contribution >= 4 is 27.7 Å². The maximum absolute atomic E-state index is 13.4. The van der Waals surface area contributed by atoms with Crippen molar-refractivity contribution in [1.82, 2.24) is 14.5 Å². The average molecular weight is 497 g/mol. The van der Waals surface area contributed by atoms with Gasteiger partial charge in [-0.3, -0.25) is 9.59 Å². The Balaban J connectivity index is 2.43. The Hall–Kier alpha value is -3.05. The van der Waals surface area contributed by atoms with Crippen LogP contribution < -0.4 is 9.62 Å². The summed E-state index contributed by atoms with van der Waals surface area (Å²) in [5.41, 5.74) is 0.646. The fraction of sp³-hybridized carbons (Fsp3) is 0.391. The molecule has 1 atom stereocenters. The SMILES string of the molecule is CC(C)NC(=O)C(C)N(Cc1ccc(F)cc1)C(=O)CN(c1ccc(F)cc1)S(=O)(=O)N(C)C. The highest BCUT2D eigenvalue weighted by atomic mass is 32.2. The Morgan fingerprint density at radius 2 is 1.41 bits per heavy atom. The first-order valence-electron chi connectivity index (χ1n) is 10.6. The Kier molecular flexibility index (Phi) is 9.11. The minimum atomic E-state index is -4.13. The molecule has 11 heteroatoms. The first-order valence-corrected chi connectivity index (χ1v) is 12.0. The van der Waals surface area contributed by atoms with Gasteiger partial charge < -0.3 is 10.2 Å². The third-order valence-electron chi connectivity index (χ3n) is 5.00. The third kappa shape index (κ3) is 6.97. The van der Waals surface area contributed by atoms with Crippen molar-refractivity contribution in [3.05, 3.63) is 65.7 Å². The molecule has 2 aromatic carbocycles. The molecule has 0 aliphatic rings. The zero-order chi connectivity index (χ0) is 25.6. The summed E-state index contributed by atoms with van der Waals surface area (Å²) in [6.45, 7) is 4.40. The van der Waals surface area contributed by atoms with Crippen LogP contribution in [0.15, 0.2) is 48.5 Å². The van der Waals surface area contributed by atoms with Gasteiger partial charge in [-0.1, -0.05) is 12.1 Å². The zero-order valence-electron chi connectivity index (χ0n) is 19.8. The molecule has 0 aromatic heterocycles. The van der Waals surface area contributed by atoms with Crippen LogP contribution in [0.3, 0.4) is 0 Å². The van der Waals surface area contributed by atoms with E-state index in [4.69, 9.17) is 0 Å². The second-order valence-corrected chi connectivity index (χ2v) is 10.3. The standard InChI is InChI=1S/C23H30F2N4O4S/c1-16(2)26-23(31)17(3)28(14-18-6-8-19(24)9-7-18)22(30)15-29(34(32,33)27(4)5)21-12-10-20(25)11-13-21/h6-13,16-17H,14-15H2,1-5H3,(H,26,31). The molecule has 2 rings (SSSR count). The first-order chi connectivity index (χ1) is 15.8. The van der Waals surface area contributed by atoms with Gasteiger partial charge in [0, 0.05) is 26.7 Å². The summed E-state index contributed by atoms with van der Waals surface area (Å²) >= 11 is 0. The molecular formula is C23H30F2N4O4S. The second kappa shape index (κ2) is 11.4. The number of carbonyl (C=O) groups is 2. The van der Waals surface area contributed by atoms with Crippen LogP contribution in [0.1, 0.15) is 26.3 Å². The largest absolute Gasteiger partial charge is 0.352 e. The number of halogens is 2. The average Bonchev–Trinajstić information content (AvgIpc) is 2.76. The smallest absolute Gasteiger partial charge is 0.304 e. The van der Waals surface area contributed by atoms with Gasteiger partial charge in [-0.05, 0) is 62.7 Å². The quantitative estimate of drug-likeness (QED) is 0.547. The van der Waals surface area contributed by atoms with E-state index in [0.717, 1.165) is 20.7 Å². The Bertz CT molecular complexity index is 1090. The summed E-state index contributed by atoms with van der Waals surface area (Å²) in [5, 5.41) is 2.74. The number of hydrogen-bond acceptors (Lipinski definition) is 4. The van der Waals surface area contributed by atoms with E-state index in [9.17, 15) is 26.8 Å². The highest BCUT2D eigenvalue weighted by Gasteiger charge is 2.32. The lowest BCUT2D eigenvalue weighted by Gasteiger charge is -2.33. The topological polar surface area (TPSA) is 90.0 Å². The maximum atomic E-state index is 13.4. The van der Waals surface area contributed by atoms with E-state index in [2.05, 4.69) is 5.32 Å². The fourth-order valence-electron chi connectivity index (χ4n) is 3.10. The number of amides is 2. The van der Waals surface area contributed by atoms with E-state index in [1.807, 2.05) is 0 Å². The monoisotopic (exact) mass is 496 g/mol. The van der Waals surface area contributed by atoms with Crippen LogP contribution in [0.2, 0.25) is 0 Å². The maximum Gasteiger partial charge on any atom is 0.304 e. The van der Waals surface area contributed by atoms with Gasteiger partial charge in [-0.15, -0.1) is 0 Å². The van der Waals surface area contributed by atoms with Crippen LogP contribution in [-0.2, 0) is 26.3 Å². The summed E-state index contributed by atoms with van der Waals surface area (Å²) in [6, 6.07) is 9.00. The number of benzene rings is 2. The van der Waals surface area contributed by atoms with Gasteiger partial charge in [0.1, 0.15) is 24.2 Å². The van der Waals surface area contributed by atoms with Gasteiger partial charge in [0.15, 0.2) is 0 Å². The first kappa shape index (κ1) is 27.2.